The van der Waals surface area contributed by atoms with E-state index in [0.29, 0.717) is 13.0 Å². The van der Waals surface area contributed by atoms with Crippen LogP contribution in [0.1, 0.15) is 49.6 Å². The molecule has 6 nitrogen and oxygen atoms in total. The van der Waals surface area contributed by atoms with E-state index in [2.05, 4.69) is 5.32 Å². The van der Waals surface area contributed by atoms with Crippen LogP contribution in [0.25, 0.3) is 0 Å². The van der Waals surface area contributed by atoms with Crippen LogP contribution in [0, 0.1) is 0 Å². The highest BCUT2D eigenvalue weighted by atomic mass is 32.1. The van der Waals surface area contributed by atoms with Crippen molar-refractivity contribution in [3.63, 3.8) is 0 Å². The molecule has 1 spiro atoms. The molecule has 1 aromatic heterocycles. The van der Waals surface area contributed by atoms with Crippen LogP contribution in [-0.4, -0.2) is 39.7 Å². The number of nitrogens with one attached hydrogen (secondary N) is 1. The van der Waals surface area contributed by atoms with Crippen molar-refractivity contribution in [2.75, 3.05) is 6.54 Å². The SMILES string of the molecule is CC(C)(C)N(Cc1ccccc1)C(=O)CN1C(=O)NC2(CCCc3sccc32)C1=O. The summed E-state index contributed by atoms with van der Waals surface area (Å²) in [6.07, 6.45) is 2.33. The molecule has 2 heterocycles. The molecule has 4 amide bonds. The lowest BCUT2D eigenvalue weighted by molar-refractivity contribution is -0.142. The van der Waals surface area contributed by atoms with Crippen LogP contribution in [0.15, 0.2) is 41.8 Å². The first-order valence-corrected chi connectivity index (χ1v) is 11.2. The minimum absolute atomic E-state index is 0.242. The number of amides is 4. The normalized spacial score (nSPS) is 21.0. The molecule has 4 rings (SSSR count). The van der Waals surface area contributed by atoms with Gasteiger partial charge in [-0.2, -0.15) is 0 Å². The van der Waals surface area contributed by atoms with E-state index in [9.17, 15) is 14.4 Å². The molecule has 1 atom stereocenters. The molecular weight excluding hydrogens is 398 g/mol. The highest BCUT2D eigenvalue weighted by Crippen LogP contribution is 2.42. The van der Waals surface area contributed by atoms with E-state index in [-0.39, 0.29) is 18.4 Å². The molecule has 1 aromatic carbocycles. The van der Waals surface area contributed by atoms with Crippen LogP contribution in [-0.2, 0) is 28.1 Å². The summed E-state index contributed by atoms with van der Waals surface area (Å²) in [6.45, 7) is 6.04. The molecule has 2 aliphatic rings. The van der Waals surface area contributed by atoms with Gasteiger partial charge in [0.1, 0.15) is 12.1 Å². The molecule has 1 saturated heterocycles. The van der Waals surface area contributed by atoms with Gasteiger partial charge in [0.15, 0.2) is 0 Å². The van der Waals surface area contributed by atoms with Crippen molar-refractivity contribution in [3.05, 3.63) is 57.8 Å². The summed E-state index contributed by atoms with van der Waals surface area (Å²) in [5.74, 6) is -0.554. The number of hydrogen-bond acceptors (Lipinski definition) is 4. The number of thiophene rings is 1. The molecule has 1 fully saturated rings. The third-order valence-electron chi connectivity index (χ3n) is 5.92. The van der Waals surface area contributed by atoms with Crippen molar-refractivity contribution in [2.45, 2.75) is 57.7 Å². The van der Waals surface area contributed by atoms with Crippen molar-refractivity contribution >= 4 is 29.2 Å². The lowest BCUT2D eigenvalue weighted by Gasteiger charge is -2.37. The molecule has 158 valence electrons. The first-order valence-electron chi connectivity index (χ1n) is 10.3. The Morgan fingerprint density at radius 3 is 2.63 bits per heavy atom. The number of aryl methyl sites for hydroxylation is 1. The maximum absolute atomic E-state index is 13.4. The second-order valence-corrected chi connectivity index (χ2v) is 9.97. The minimum atomic E-state index is -1.02. The van der Waals surface area contributed by atoms with E-state index in [1.807, 2.05) is 62.5 Å². The zero-order valence-corrected chi connectivity index (χ0v) is 18.4. The molecule has 1 unspecified atom stereocenters. The fraction of sp³-hybridized carbons (Fsp3) is 0.435. The Kier molecular flexibility index (Phi) is 5.18. The summed E-state index contributed by atoms with van der Waals surface area (Å²) in [5.41, 5.74) is 0.431. The number of benzene rings is 1. The van der Waals surface area contributed by atoms with E-state index in [0.717, 1.165) is 33.7 Å². The number of nitrogens with zero attached hydrogens (tertiary/aromatic N) is 2. The number of rotatable bonds is 4. The Hall–Kier alpha value is -2.67. The van der Waals surface area contributed by atoms with Crippen LogP contribution in [0.2, 0.25) is 0 Å². The minimum Gasteiger partial charge on any atom is -0.332 e. The molecule has 2 aromatic rings. The topological polar surface area (TPSA) is 69.7 Å². The quantitative estimate of drug-likeness (QED) is 0.760. The van der Waals surface area contributed by atoms with Crippen LogP contribution >= 0.6 is 11.3 Å². The second kappa shape index (κ2) is 7.54. The molecule has 30 heavy (non-hydrogen) atoms. The van der Waals surface area contributed by atoms with Crippen molar-refractivity contribution in [2.24, 2.45) is 0 Å². The molecule has 1 aliphatic heterocycles. The highest BCUT2D eigenvalue weighted by Gasteiger charge is 2.55. The summed E-state index contributed by atoms with van der Waals surface area (Å²) in [5, 5.41) is 4.88. The highest BCUT2D eigenvalue weighted by molar-refractivity contribution is 7.10. The van der Waals surface area contributed by atoms with Crippen LogP contribution in [0.4, 0.5) is 4.79 Å². The third kappa shape index (κ3) is 3.51. The molecular formula is C23H27N3O3S. The van der Waals surface area contributed by atoms with Crippen LogP contribution in [0.3, 0.4) is 0 Å². The first kappa shape index (κ1) is 20.6. The average Bonchev–Trinajstić information content (AvgIpc) is 3.27. The van der Waals surface area contributed by atoms with Crippen molar-refractivity contribution < 1.29 is 14.4 Å². The van der Waals surface area contributed by atoms with Gasteiger partial charge in [-0.1, -0.05) is 30.3 Å². The lowest BCUT2D eigenvalue weighted by atomic mass is 9.80. The number of carbonyl (C=O) groups is 3. The maximum Gasteiger partial charge on any atom is 0.325 e. The molecule has 7 heteroatoms. The van der Waals surface area contributed by atoms with E-state index < -0.39 is 17.1 Å². The average molecular weight is 426 g/mol. The third-order valence-corrected chi connectivity index (χ3v) is 6.90. The van der Waals surface area contributed by atoms with Gasteiger partial charge in [0.25, 0.3) is 5.91 Å². The van der Waals surface area contributed by atoms with Crippen molar-refractivity contribution in [1.82, 2.24) is 15.1 Å². The number of imide groups is 1. The lowest BCUT2D eigenvalue weighted by Crippen LogP contribution is -2.51. The first-order chi connectivity index (χ1) is 14.2. The summed E-state index contributed by atoms with van der Waals surface area (Å²) < 4.78 is 0. The van der Waals surface area contributed by atoms with Gasteiger partial charge >= 0.3 is 6.03 Å². The van der Waals surface area contributed by atoms with Crippen LogP contribution < -0.4 is 5.32 Å². The smallest absolute Gasteiger partial charge is 0.325 e. The number of carbonyl (C=O) groups excluding carboxylic acids is 3. The van der Waals surface area contributed by atoms with Gasteiger partial charge in [0.05, 0.1) is 0 Å². The van der Waals surface area contributed by atoms with Gasteiger partial charge in [-0.05, 0) is 57.0 Å². The van der Waals surface area contributed by atoms with Gasteiger partial charge in [0, 0.05) is 22.5 Å². The standard InChI is InChI=1S/C23H27N3O3S/c1-22(2,3)26(14-16-8-5-4-6-9-16)19(27)15-25-20(28)23(24-21(25)29)12-7-10-18-17(23)11-13-30-18/h4-6,8-9,11,13H,7,10,12,14-15H2,1-3H3,(H,24,29). The molecule has 0 saturated carbocycles. The van der Waals surface area contributed by atoms with Crippen molar-refractivity contribution in [1.29, 1.82) is 0 Å². The maximum atomic E-state index is 13.4. The van der Waals surface area contributed by atoms with Gasteiger partial charge in [-0.25, -0.2) is 4.79 Å². The fourth-order valence-corrected chi connectivity index (χ4v) is 5.37. The Balaban J connectivity index is 1.57. The number of fused-ring (bicyclic) bond motifs is 2. The summed E-state index contributed by atoms with van der Waals surface area (Å²) in [6, 6.07) is 11.2. The molecule has 0 radical (unpaired) electrons. The zero-order valence-electron chi connectivity index (χ0n) is 17.6. The van der Waals surface area contributed by atoms with Gasteiger partial charge in [-0.15, -0.1) is 11.3 Å². The van der Waals surface area contributed by atoms with Gasteiger partial charge < -0.3 is 10.2 Å². The number of hydrogen-bond donors (Lipinski definition) is 1. The van der Waals surface area contributed by atoms with E-state index in [1.165, 1.54) is 0 Å². The fourth-order valence-electron chi connectivity index (χ4n) is 4.37. The molecule has 0 bridgehead atoms. The Morgan fingerprint density at radius 1 is 1.20 bits per heavy atom. The molecule has 1 aliphatic carbocycles. The Morgan fingerprint density at radius 2 is 1.93 bits per heavy atom. The summed E-state index contributed by atoms with van der Waals surface area (Å²) in [4.78, 5) is 43.4. The summed E-state index contributed by atoms with van der Waals surface area (Å²) >= 11 is 1.62. The largest absolute Gasteiger partial charge is 0.332 e. The van der Waals surface area contributed by atoms with E-state index in [1.54, 1.807) is 16.2 Å². The van der Waals surface area contributed by atoms with E-state index in [4.69, 9.17) is 0 Å². The number of urea groups is 1. The summed E-state index contributed by atoms with van der Waals surface area (Å²) in [7, 11) is 0. The monoisotopic (exact) mass is 425 g/mol. The van der Waals surface area contributed by atoms with Gasteiger partial charge in [0.2, 0.25) is 5.91 Å². The molecule has 1 N–H and O–H groups in total. The predicted octanol–water partition coefficient (Wildman–Crippen LogP) is 3.66. The Bertz CT molecular complexity index is 979. The van der Waals surface area contributed by atoms with E-state index >= 15 is 0 Å². The van der Waals surface area contributed by atoms with Gasteiger partial charge in [-0.3, -0.25) is 14.5 Å². The second-order valence-electron chi connectivity index (χ2n) is 8.97. The van der Waals surface area contributed by atoms with Crippen LogP contribution in [0.5, 0.6) is 0 Å². The zero-order chi connectivity index (χ0) is 21.5. The predicted molar refractivity (Wildman–Crippen MR) is 116 cm³/mol. The Labute approximate surface area is 180 Å². The van der Waals surface area contributed by atoms with Crippen molar-refractivity contribution in [3.8, 4) is 0 Å².